The van der Waals surface area contributed by atoms with Gasteiger partial charge < -0.3 is 10.1 Å². The number of rotatable bonds is 6. The van der Waals surface area contributed by atoms with E-state index in [1.165, 1.54) is 17.7 Å². The number of carbonyl (C=O) groups excluding carboxylic acids is 1. The van der Waals surface area contributed by atoms with Crippen molar-refractivity contribution in [3.05, 3.63) is 64.5 Å². The molecule has 4 heteroatoms. The summed E-state index contributed by atoms with van der Waals surface area (Å²) >= 11 is 0. The van der Waals surface area contributed by atoms with Crippen LogP contribution in [-0.2, 0) is 0 Å². The fourth-order valence-electron chi connectivity index (χ4n) is 2.35. The van der Waals surface area contributed by atoms with E-state index in [9.17, 15) is 9.18 Å². The highest BCUT2D eigenvalue weighted by atomic mass is 19.1. The molecule has 0 heterocycles. The van der Waals surface area contributed by atoms with Crippen LogP contribution in [0.1, 0.15) is 33.5 Å². The van der Waals surface area contributed by atoms with E-state index in [1.54, 1.807) is 12.1 Å². The second kappa shape index (κ2) is 7.77. The lowest BCUT2D eigenvalue weighted by molar-refractivity contribution is 0.0947. The molecule has 0 fully saturated rings. The highest BCUT2D eigenvalue weighted by Gasteiger charge is 2.09. The molecule has 0 aliphatic carbocycles. The highest BCUT2D eigenvalue weighted by molar-refractivity contribution is 5.94. The maximum atomic E-state index is 13.5. The largest absolute Gasteiger partial charge is 0.493 e. The summed E-state index contributed by atoms with van der Waals surface area (Å²) in [5.41, 5.74) is 3.56. The van der Waals surface area contributed by atoms with Gasteiger partial charge in [0.2, 0.25) is 0 Å². The smallest absolute Gasteiger partial charge is 0.254 e. The molecule has 0 aliphatic rings. The van der Waals surface area contributed by atoms with Crippen LogP contribution in [0.25, 0.3) is 0 Å². The van der Waals surface area contributed by atoms with Crippen molar-refractivity contribution in [1.82, 2.24) is 5.32 Å². The van der Waals surface area contributed by atoms with Gasteiger partial charge in [0.25, 0.3) is 5.91 Å². The van der Waals surface area contributed by atoms with Crippen LogP contribution in [0.2, 0.25) is 0 Å². The second-order valence-electron chi connectivity index (χ2n) is 5.64. The molecule has 0 spiro atoms. The Balaban J connectivity index is 1.78. The average Bonchev–Trinajstić information content (AvgIpc) is 2.51. The van der Waals surface area contributed by atoms with Gasteiger partial charge in [0.05, 0.1) is 12.2 Å². The molecule has 0 saturated carbocycles. The first-order valence-corrected chi connectivity index (χ1v) is 7.72. The number of benzene rings is 2. The summed E-state index contributed by atoms with van der Waals surface area (Å²) < 4.78 is 19.3. The summed E-state index contributed by atoms with van der Waals surface area (Å²) in [7, 11) is 0. The van der Waals surface area contributed by atoms with Gasteiger partial charge in [-0.05, 0) is 62.1 Å². The van der Waals surface area contributed by atoms with E-state index >= 15 is 0 Å². The van der Waals surface area contributed by atoms with Gasteiger partial charge in [-0.25, -0.2) is 4.39 Å². The number of hydrogen-bond donors (Lipinski definition) is 1. The summed E-state index contributed by atoms with van der Waals surface area (Å²) in [6.07, 6.45) is 0.659. The molecule has 0 saturated heterocycles. The van der Waals surface area contributed by atoms with Crippen molar-refractivity contribution in [2.45, 2.75) is 27.2 Å². The van der Waals surface area contributed by atoms with E-state index in [0.717, 1.165) is 16.9 Å². The van der Waals surface area contributed by atoms with Crippen LogP contribution in [0.15, 0.2) is 36.4 Å². The molecule has 0 atom stereocenters. The monoisotopic (exact) mass is 315 g/mol. The third kappa shape index (κ3) is 4.55. The summed E-state index contributed by atoms with van der Waals surface area (Å²) in [4.78, 5) is 11.9. The minimum atomic E-state index is -0.507. The summed E-state index contributed by atoms with van der Waals surface area (Å²) in [5.74, 6) is -0.0271. The molecule has 0 radical (unpaired) electrons. The number of hydrogen-bond acceptors (Lipinski definition) is 2. The van der Waals surface area contributed by atoms with Gasteiger partial charge >= 0.3 is 0 Å². The van der Waals surface area contributed by atoms with Crippen molar-refractivity contribution >= 4 is 5.91 Å². The highest BCUT2D eigenvalue weighted by Crippen LogP contribution is 2.23. The van der Waals surface area contributed by atoms with Crippen molar-refractivity contribution in [2.24, 2.45) is 0 Å². The van der Waals surface area contributed by atoms with Crippen LogP contribution >= 0.6 is 0 Å². The minimum absolute atomic E-state index is 0.0681. The zero-order chi connectivity index (χ0) is 16.8. The maximum Gasteiger partial charge on any atom is 0.254 e. The molecule has 1 amide bonds. The fourth-order valence-corrected chi connectivity index (χ4v) is 2.35. The standard InChI is InChI=1S/C19H22FNO2/c1-13-11-14(2)15(3)18(12-13)23-10-6-9-21-19(22)16-7-4-5-8-17(16)20/h4-5,7-8,11-12H,6,9-10H2,1-3H3,(H,21,22). The van der Waals surface area contributed by atoms with E-state index in [4.69, 9.17) is 4.74 Å². The molecule has 0 aromatic heterocycles. The lowest BCUT2D eigenvalue weighted by Gasteiger charge is -2.12. The maximum absolute atomic E-state index is 13.5. The predicted molar refractivity (Wildman–Crippen MR) is 89.5 cm³/mol. The Bertz CT molecular complexity index is 698. The molecule has 0 bridgehead atoms. The topological polar surface area (TPSA) is 38.3 Å². The Kier molecular flexibility index (Phi) is 5.74. The van der Waals surface area contributed by atoms with E-state index in [0.29, 0.717) is 19.6 Å². The first-order chi connectivity index (χ1) is 11.0. The Labute approximate surface area is 136 Å². The number of nitrogens with one attached hydrogen (secondary N) is 1. The van der Waals surface area contributed by atoms with Crippen LogP contribution in [0.5, 0.6) is 5.75 Å². The third-order valence-electron chi connectivity index (χ3n) is 3.75. The normalized spacial score (nSPS) is 10.4. The second-order valence-corrected chi connectivity index (χ2v) is 5.64. The molecule has 2 aromatic carbocycles. The molecule has 2 aromatic rings. The molecular formula is C19H22FNO2. The van der Waals surface area contributed by atoms with Gasteiger partial charge in [-0.1, -0.05) is 18.2 Å². The molecule has 3 nitrogen and oxygen atoms in total. The summed E-state index contributed by atoms with van der Waals surface area (Å²) in [5, 5.41) is 2.70. The van der Waals surface area contributed by atoms with Crippen molar-refractivity contribution in [2.75, 3.05) is 13.2 Å². The molecule has 1 N–H and O–H groups in total. The minimum Gasteiger partial charge on any atom is -0.493 e. The van der Waals surface area contributed by atoms with Gasteiger partial charge in [0.15, 0.2) is 0 Å². The van der Waals surface area contributed by atoms with Crippen molar-refractivity contribution in [3.8, 4) is 5.75 Å². The number of aryl methyl sites for hydroxylation is 2. The Morgan fingerprint density at radius 3 is 2.65 bits per heavy atom. The number of halogens is 1. The molecule has 122 valence electrons. The van der Waals surface area contributed by atoms with E-state index in [2.05, 4.69) is 18.3 Å². The Hall–Kier alpha value is -2.36. The lowest BCUT2D eigenvalue weighted by atomic mass is 10.1. The van der Waals surface area contributed by atoms with Gasteiger partial charge in [0, 0.05) is 6.54 Å². The van der Waals surface area contributed by atoms with Gasteiger partial charge in [-0.15, -0.1) is 0 Å². The quantitative estimate of drug-likeness (QED) is 0.820. The zero-order valence-corrected chi connectivity index (χ0v) is 13.8. The van der Waals surface area contributed by atoms with Crippen LogP contribution < -0.4 is 10.1 Å². The first-order valence-electron chi connectivity index (χ1n) is 7.72. The summed E-state index contributed by atoms with van der Waals surface area (Å²) in [6.45, 7) is 7.07. The number of ether oxygens (including phenoxy) is 1. The van der Waals surface area contributed by atoms with Crippen LogP contribution in [0, 0.1) is 26.6 Å². The summed E-state index contributed by atoms with van der Waals surface area (Å²) in [6, 6.07) is 10.1. The van der Waals surface area contributed by atoms with Crippen molar-refractivity contribution < 1.29 is 13.9 Å². The Morgan fingerprint density at radius 1 is 1.17 bits per heavy atom. The van der Waals surface area contributed by atoms with E-state index in [1.807, 2.05) is 19.9 Å². The molecule has 0 unspecified atom stereocenters. The number of amides is 1. The fraction of sp³-hybridized carbons (Fsp3) is 0.316. The van der Waals surface area contributed by atoms with Gasteiger partial charge in [-0.3, -0.25) is 4.79 Å². The third-order valence-corrected chi connectivity index (χ3v) is 3.75. The van der Waals surface area contributed by atoms with Gasteiger partial charge in [-0.2, -0.15) is 0 Å². The van der Waals surface area contributed by atoms with Crippen LogP contribution in [0.4, 0.5) is 4.39 Å². The molecule has 23 heavy (non-hydrogen) atoms. The average molecular weight is 315 g/mol. The molecular weight excluding hydrogens is 293 g/mol. The number of carbonyl (C=O) groups is 1. The van der Waals surface area contributed by atoms with Crippen molar-refractivity contribution in [1.29, 1.82) is 0 Å². The van der Waals surface area contributed by atoms with E-state index < -0.39 is 11.7 Å². The molecule has 2 rings (SSSR count). The Morgan fingerprint density at radius 2 is 1.91 bits per heavy atom. The first kappa shape index (κ1) is 17.0. The van der Waals surface area contributed by atoms with Gasteiger partial charge in [0.1, 0.15) is 11.6 Å². The van der Waals surface area contributed by atoms with Crippen LogP contribution in [-0.4, -0.2) is 19.1 Å². The lowest BCUT2D eigenvalue weighted by Crippen LogP contribution is -2.26. The van der Waals surface area contributed by atoms with E-state index in [-0.39, 0.29) is 5.56 Å². The van der Waals surface area contributed by atoms with Crippen LogP contribution in [0.3, 0.4) is 0 Å². The predicted octanol–water partition coefficient (Wildman–Crippen LogP) is 3.95. The zero-order valence-electron chi connectivity index (χ0n) is 13.8. The SMILES string of the molecule is Cc1cc(C)c(C)c(OCCCNC(=O)c2ccccc2F)c1. The van der Waals surface area contributed by atoms with Crippen molar-refractivity contribution in [3.63, 3.8) is 0 Å². The molecule has 0 aliphatic heterocycles.